The number of rotatable bonds is 3. The average Bonchev–Trinajstić information content (AvgIpc) is 2.55. The molecule has 0 saturated carbocycles. The van der Waals surface area contributed by atoms with Gasteiger partial charge in [-0.3, -0.25) is 4.98 Å². The van der Waals surface area contributed by atoms with E-state index in [1.54, 1.807) is 4.68 Å². The van der Waals surface area contributed by atoms with Gasteiger partial charge in [-0.2, -0.15) is 5.10 Å². The van der Waals surface area contributed by atoms with E-state index >= 15 is 0 Å². The van der Waals surface area contributed by atoms with Crippen molar-refractivity contribution in [3.63, 3.8) is 0 Å². The summed E-state index contributed by atoms with van der Waals surface area (Å²) in [5.41, 5.74) is 8.92. The van der Waals surface area contributed by atoms with Gasteiger partial charge in [-0.1, -0.05) is 12.2 Å². The van der Waals surface area contributed by atoms with Crippen LogP contribution in [0.15, 0.2) is 12.1 Å². The van der Waals surface area contributed by atoms with Gasteiger partial charge >= 0.3 is 0 Å². The third-order valence-corrected chi connectivity index (χ3v) is 2.92. The van der Waals surface area contributed by atoms with Gasteiger partial charge in [0.25, 0.3) is 0 Å². The van der Waals surface area contributed by atoms with E-state index in [-0.39, 0.29) is 4.99 Å². The molecular weight excluding hydrogens is 260 g/mol. The third-order valence-electron chi connectivity index (χ3n) is 2.71. The van der Waals surface area contributed by atoms with E-state index in [4.69, 9.17) is 22.7 Å². The van der Waals surface area contributed by atoms with Crippen molar-refractivity contribution >= 4 is 17.2 Å². The molecule has 2 aromatic heterocycles. The van der Waals surface area contributed by atoms with Crippen LogP contribution in [0.4, 0.5) is 0 Å². The zero-order valence-corrected chi connectivity index (χ0v) is 12.2. The zero-order valence-electron chi connectivity index (χ0n) is 11.4. The normalized spacial score (nSPS) is 10.5. The van der Waals surface area contributed by atoms with Gasteiger partial charge in [0.1, 0.15) is 10.7 Å². The number of aromatic nitrogens is 3. The Morgan fingerprint density at radius 2 is 1.95 bits per heavy atom. The Morgan fingerprint density at radius 3 is 2.47 bits per heavy atom. The topological polar surface area (TPSA) is 66.0 Å². The molecule has 0 aliphatic carbocycles. The first-order valence-electron chi connectivity index (χ1n) is 5.85. The zero-order chi connectivity index (χ0) is 14.2. The molecule has 2 rings (SSSR count). The van der Waals surface area contributed by atoms with Gasteiger partial charge in [0, 0.05) is 24.9 Å². The lowest BCUT2D eigenvalue weighted by atomic mass is 10.1. The van der Waals surface area contributed by atoms with Crippen LogP contribution in [0, 0.1) is 20.8 Å². The molecular formula is C13H16N4OS. The summed E-state index contributed by atoms with van der Waals surface area (Å²) in [5.74, 6) is 1.25. The number of nitrogens with two attached hydrogens (primary N) is 1. The summed E-state index contributed by atoms with van der Waals surface area (Å²) in [6.45, 7) is 5.67. The van der Waals surface area contributed by atoms with Crippen LogP contribution in [0.5, 0.6) is 11.6 Å². The molecule has 0 aliphatic heterocycles. The summed E-state index contributed by atoms with van der Waals surface area (Å²) < 4.78 is 7.55. The summed E-state index contributed by atoms with van der Waals surface area (Å²) in [5, 5.41) is 4.24. The highest BCUT2D eigenvalue weighted by Gasteiger charge is 2.15. The number of hydrogen-bond donors (Lipinski definition) is 1. The maximum absolute atomic E-state index is 5.88. The molecule has 0 spiro atoms. The fourth-order valence-corrected chi connectivity index (χ4v) is 2.22. The van der Waals surface area contributed by atoms with Gasteiger partial charge in [0.2, 0.25) is 5.88 Å². The SMILES string of the molecule is Cc1cc(Oc2cc(C)nn2C)c(C(N)=S)c(C)n1. The molecule has 0 fully saturated rings. The number of nitrogens with zero attached hydrogens (tertiary/aromatic N) is 3. The lowest BCUT2D eigenvalue weighted by Gasteiger charge is -2.13. The van der Waals surface area contributed by atoms with Gasteiger partial charge in [0.05, 0.1) is 17.0 Å². The average molecular weight is 276 g/mol. The molecule has 19 heavy (non-hydrogen) atoms. The molecule has 2 heterocycles. The predicted octanol–water partition coefficient (Wildman–Crippen LogP) is 2.17. The number of aryl methyl sites for hydroxylation is 4. The lowest BCUT2D eigenvalue weighted by molar-refractivity contribution is 0.428. The smallest absolute Gasteiger partial charge is 0.217 e. The second-order valence-corrected chi connectivity index (χ2v) is 4.88. The second kappa shape index (κ2) is 4.97. The van der Waals surface area contributed by atoms with Crippen LogP contribution in [0.3, 0.4) is 0 Å². The van der Waals surface area contributed by atoms with Crippen LogP contribution in [-0.2, 0) is 7.05 Å². The molecule has 0 saturated heterocycles. The van der Waals surface area contributed by atoms with Crippen molar-refractivity contribution in [3.05, 3.63) is 34.8 Å². The van der Waals surface area contributed by atoms with Crippen LogP contribution in [0.2, 0.25) is 0 Å². The number of ether oxygens (including phenoxy) is 1. The van der Waals surface area contributed by atoms with Gasteiger partial charge in [-0.15, -0.1) is 0 Å². The molecule has 0 amide bonds. The Hall–Kier alpha value is -1.95. The van der Waals surface area contributed by atoms with Crippen LogP contribution in [0.25, 0.3) is 0 Å². The van der Waals surface area contributed by atoms with E-state index in [9.17, 15) is 0 Å². The van der Waals surface area contributed by atoms with Crippen LogP contribution >= 0.6 is 12.2 Å². The Kier molecular flexibility index (Phi) is 3.53. The lowest BCUT2D eigenvalue weighted by Crippen LogP contribution is -2.14. The Bertz CT molecular complexity index is 648. The quantitative estimate of drug-likeness (QED) is 0.870. The Balaban J connectivity index is 2.50. The molecule has 5 nitrogen and oxygen atoms in total. The fraction of sp³-hybridized carbons (Fsp3) is 0.308. The maximum Gasteiger partial charge on any atom is 0.217 e. The minimum atomic E-state index is 0.277. The van der Waals surface area contributed by atoms with Crippen molar-refractivity contribution in [2.45, 2.75) is 20.8 Å². The Labute approximate surface area is 117 Å². The Morgan fingerprint density at radius 1 is 1.26 bits per heavy atom. The van der Waals surface area contributed by atoms with E-state index < -0.39 is 0 Å². The first kappa shape index (κ1) is 13.5. The summed E-state index contributed by atoms with van der Waals surface area (Å²) >= 11 is 5.07. The molecule has 0 bridgehead atoms. The third kappa shape index (κ3) is 2.73. The molecule has 6 heteroatoms. The number of hydrogen-bond acceptors (Lipinski definition) is 4. The second-order valence-electron chi connectivity index (χ2n) is 4.44. The highest BCUT2D eigenvalue weighted by atomic mass is 32.1. The largest absolute Gasteiger partial charge is 0.438 e. The van der Waals surface area contributed by atoms with Gasteiger partial charge in [0.15, 0.2) is 0 Å². The van der Waals surface area contributed by atoms with E-state index in [0.717, 1.165) is 17.1 Å². The predicted molar refractivity (Wildman–Crippen MR) is 77.6 cm³/mol. The fourth-order valence-electron chi connectivity index (χ4n) is 1.97. The van der Waals surface area contributed by atoms with Gasteiger partial charge in [-0.25, -0.2) is 4.68 Å². The minimum absolute atomic E-state index is 0.277. The first-order chi connectivity index (χ1) is 8.88. The van der Waals surface area contributed by atoms with Gasteiger partial charge < -0.3 is 10.5 Å². The van der Waals surface area contributed by atoms with Crippen molar-refractivity contribution in [1.29, 1.82) is 0 Å². The summed E-state index contributed by atoms with van der Waals surface area (Å²) in [7, 11) is 1.82. The van der Waals surface area contributed by atoms with Crippen molar-refractivity contribution in [1.82, 2.24) is 14.8 Å². The number of pyridine rings is 1. The van der Waals surface area contributed by atoms with Crippen molar-refractivity contribution in [2.75, 3.05) is 0 Å². The monoisotopic (exact) mass is 276 g/mol. The van der Waals surface area contributed by atoms with E-state index in [1.807, 2.05) is 40.0 Å². The molecule has 0 unspecified atom stereocenters. The number of thiocarbonyl (C=S) groups is 1. The van der Waals surface area contributed by atoms with E-state index in [2.05, 4.69) is 10.1 Å². The molecule has 0 aromatic carbocycles. The molecule has 0 atom stereocenters. The van der Waals surface area contributed by atoms with Crippen LogP contribution in [0.1, 0.15) is 22.6 Å². The van der Waals surface area contributed by atoms with Crippen LogP contribution < -0.4 is 10.5 Å². The van der Waals surface area contributed by atoms with Crippen molar-refractivity contribution in [2.24, 2.45) is 12.8 Å². The summed E-state index contributed by atoms with van der Waals surface area (Å²) in [6.07, 6.45) is 0. The molecule has 100 valence electrons. The van der Waals surface area contributed by atoms with Crippen molar-refractivity contribution in [3.8, 4) is 11.6 Å². The van der Waals surface area contributed by atoms with Crippen molar-refractivity contribution < 1.29 is 4.74 Å². The minimum Gasteiger partial charge on any atom is -0.438 e. The maximum atomic E-state index is 5.88. The highest BCUT2D eigenvalue weighted by Crippen LogP contribution is 2.27. The summed E-state index contributed by atoms with van der Waals surface area (Å²) in [4.78, 5) is 4.63. The first-order valence-corrected chi connectivity index (χ1v) is 6.26. The van der Waals surface area contributed by atoms with Crippen LogP contribution in [-0.4, -0.2) is 19.8 Å². The molecule has 0 radical (unpaired) electrons. The standard InChI is InChI=1S/C13H16N4OS/c1-7-5-10(12(13(14)19)9(3)15-7)18-11-6-8(2)16-17(11)4/h5-6H,1-4H3,(H2,14,19). The molecule has 2 N–H and O–H groups in total. The van der Waals surface area contributed by atoms with E-state index in [0.29, 0.717) is 17.2 Å². The van der Waals surface area contributed by atoms with Gasteiger partial charge in [-0.05, 0) is 20.8 Å². The molecule has 0 aliphatic rings. The summed E-state index contributed by atoms with van der Waals surface area (Å²) in [6, 6.07) is 3.68. The van der Waals surface area contributed by atoms with E-state index in [1.165, 1.54) is 0 Å². The highest BCUT2D eigenvalue weighted by molar-refractivity contribution is 7.80. The molecule has 2 aromatic rings.